The molecule has 1 unspecified atom stereocenters. The summed E-state index contributed by atoms with van der Waals surface area (Å²) in [5.41, 5.74) is 6.08. The summed E-state index contributed by atoms with van der Waals surface area (Å²) >= 11 is 0. The zero-order chi connectivity index (χ0) is 13.9. The summed E-state index contributed by atoms with van der Waals surface area (Å²) in [6.07, 6.45) is 6.68. The van der Waals surface area contributed by atoms with Crippen LogP contribution in [0.15, 0.2) is 24.3 Å². The van der Waals surface area contributed by atoms with Gasteiger partial charge >= 0.3 is 0 Å². The van der Waals surface area contributed by atoms with Gasteiger partial charge < -0.3 is 0 Å². The number of nitrogens with two attached hydrogens (primary N) is 1. The molecular weight excluding hydrogens is 232 g/mol. The average Bonchev–Trinajstić information content (AvgIpc) is 2.40. The Bertz CT molecular complexity index is 400. The van der Waals surface area contributed by atoms with E-state index >= 15 is 0 Å². The minimum Gasteiger partial charge on any atom is -0.271 e. The number of nitrogens with one attached hydrogen (secondary N) is 1. The fourth-order valence-electron chi connectivity index (χ4n) is 3.40. The van der Waals surface area contributed by atoms with E-state index in [1.807, 2.05) is 0 Å². The second kappa shape index (κ2) is 6.06. The predicted molar refractivity (Wildman–Crippen MR) is 81.8 cm³/mol. The van der Waals surface area contributed by atoms with Gasteiger partial charge in [0.1, 0.15) is 0 Å². The molecule has 0 radical (unpaired) electrons. The van der Waals surface area contributed by atoms with Crippen LogP contribution in [0.25, 0.3) is 0 Å². The van der Waals surface area contributed by atoms with E-state index in [4.69, 9.17) is 5.84 Å². The highest BCUT2D eigenvalue weighted by atomic mass is 15.2. The van der Waals surface area contributed by atoms with Gasteiger partial charge in [-0.3, -0.25) is 11.3 Å². The van der Waals surface area contributed by atoms with E-state index in [0.29, 0.717) is 12.0 Å². The molecule has 1 atom stereocenters. The van der Waals surface area contributed by atoms with Gasteiger partial charge in [-0.05, 0) is 35.3 Å². The van der Waals surface area contributed by atoms with Gasteiger partial charge in [-0.1, -0.05) is 64.3 Å². The molecule has 2 nitrogen and oxygen atoms in total. The smallest absolute Gasteiger partial charge is 0.0491 e. The molecule has 0 spiro atoms. The van der Waals surface area contributed by atoms with Gasteiger partial charge in [-0.2, -0.15) is 0 Å². The van der Waals surface area contributed by atoms with Crippen molar-refractivity contribution < 1.29 is 0 Å². The van der Waals surface area contributed by atoms with Gasteiger partial charge in [0, 0.05) is 6.04 Å². The van der Waals surface area contributed by atoms with Crippen molar-refractivity contribution in [2.24, 2.45) is 11.8 Å². The molecule has 0 aliphatic heterocycles. The molecule has 1 aliphatic rings. The van der Waals surface area contributed by atoms with Crippen molar-refractivity contribution >= 4 is 0 Å². The maximum absolute atomic E-state index is 5.90. The Kier molecular flexibility index (Phi) is 4.64. The van der Waals surface area contributed by atoms with Crippen molar-refractivity contribution in [3.8, 4) is 0 Å². The Labute approximate surface area is 117 Å². The Balaban J connectivity index is 2.32. The standard InChI is InChI=1S/C17H28N2/c1-17(2,3)15-12-8-7-11-14(15)16(19-18)13-9-5-4-6-10-13/h7-8,11-13,16,19H,4-6,9-10,18H2,1-3H3. The van der Waals surface area contributed by atoms with E-state index < -0.39 is 0 Å². The van der Waals surface area contributed by atoms with Crippen molar-refractivity contribution in [3.63, 3.8) is 0 Å². The lowest BCUT2D eigenvalue weighted by Crippen LogP contribution is -2.36. The van der Waals surface area contributed by atoms with Gasteiger partial charge in [0.2, 0.25) is 0 Å². The summed E-state index contributed by atoms with van der Waals surface area (Å²) in [4.78, 5) is 0. The topological polar surface area (TPSA) is 38.0 Å². The van der Waals surface area contributed by atoms with Crippen LogP contribution in [0.2, 0.25) is 0 Å². The van der Waals surface area contributed by atoms with Crippen LogP contribution in [0.4, 0.5) is 0 Å². The fraction of sp³-hybridized carbons (Fsp3) is 0.647. The number of hydrogen-bond donors (Lipinski definition) is 2. The summed E-state index contributed by atoms with van der Waals surface area (Å²) in [6, 6.07) is 9.08. The third-order valence-electron chi connectivity index (χ3n) is 4.40. The largest absolute Gasteiger partial charge is 0.271 e. The SMILES string of the molecule is CC(C)(C)c1ccccc1C(NN)C1CCCCC1. The monoisotopic (exact) mass is 260 g/mol. The maximum Gasteiger partial charge on any atom is 0.0491 e. The first-order valence-electron chi connectivity index (χ1n) is 7.59. The molecular formula is C17H28N2. The second-order valence-corrected chi connectivity index (χ2v) is 6.88. The molecule has 1 aromatic rings. The van der Waals surface area contributed by atoms with E-state index in [9.17, 15) is 0 Å². The Hall–Kier alpha value is -0.860. The van der Waals surface area contributed by atoms with Gasteiger partial charge in [-0.25, -0.2) is 0 Å². The quantitative estimate of drug-likeness (QED) is 0.635. The first kappa shape index (κ1) is 14.5. The van der Waals surface area contributed by atoms with Gasteiger partial charge in [0.15, 0.2) is 0 Å². The summed E-state index contributed by atoms with van der Waals surface area (Å²) in [5.74, 6) is 6.58. The highest BCUT2D eigenvalue weighted by Gasteiger charge is 2.28. The molecule has 0 saturated heterocycles. The lowest BCUT2D eigenvalue weighted by molar-refractivity contribution is 0.271. The molecule has 1 saturated carbocycles. The van der Waals surface area contributed by atoms with E-state index in [-0.39, 0.29) is 5.41 Å². The lowest BCUT2D eigenvalue weighted by Gasteiger charge is -2.34. The maximum atomic E-state index is 5.90. The molecule has 0 aromatic heterocycles. The van der Waals surface area contributed by atoms with Crippen molar-refractivity contribution in [2.75, 3.05) is 0 Å². The summed E-state index contributed by atoms with van der Waals surface area (Å²) in [6.45, 7) is 6.83. The minimum absolute atomic E-state index is 0.167. The Morgan fingerprint density at radius 1 is 1.11 bits per heavy atom. The van der Waals surface area contributed by atoms with Crippen LogP contribution in [0.5, 0.6) is 0 Å². The first-order valence-corrected chi connectivity index (χ1v) is 7.59. The van der Waals surface area contributed by atoms with Crippen LogP contribution >= 0.6 is 0 Å². The van der Waals surface area contributed by atoms with E-state index in [1.165, 1.54) is 43.2 Å². The predicted octanol–water partition coefficient (Wildman–Crippen LogP) is 4.07. The third kappa shape index (κ3) is 3.37. The van der Waals surface area contributed by atoms with Crippen LogP contribution in [0.1, 0.15) is 70.0 Å². The highest BCUT2D eigenvalue weighted by Crippen LogP contribution is 2.38. The molecule has 106 valence electrons. The van der Waals surface area contributed by atoms with Crippen molar-refractivity contribution in [2.45, 2.75) is 64.3 Å². The lowest BCUT2D eigenvalue weighted by atomic mass is 9.76. The van der Waals surface area contributed by atoms with Crippen molar-refractivity contribution in [1.29, 1.82) is 0 Å². The summed E-state index contributed by atoms with van der Waals surface area (Å²) in [7, 11) is 0. The fourth-order valence-corrected chi connectivity index (χ4v) is 3.40. The molecule has 0 amide bonds. The highest BCUT2D eigenvalue weighted by molar-refractivity contribution is 5.35. The minimum atomic E-state index is 0.167. The average molecular weight is 260 g/mol. The van der Waals surface area contributed by atoms with Crippen LogP contribution in [0, 0.1) is 5.92 Å². The molecule has 1 aromatic carbocycles. The molecule has 0 heterocycles. The molecule has 2 rings (SSSR count). The summed E-state index contributed by atoms with van der Waals surface area (Å²) in [5, 5.41) is 0. The molecule has 3 N–H and O–H groups in total. The normalized spacial score (nSPS) is 19.4. The van der Waals surface area contributed by atoms with Gasteiger partial charge in [-0.15, -0.1) is 0 Å². The van der Waals surface area contributed by atoms with Crippen molar-refractivity contribution in [3.05, 3.63) is 35.4 Å². The Morgan fingerprint density at radius 2 is 1.74 bits per heavy atom. The number of hydrogen-bond acceptors (Lipinski definition) is 2. The zero-order valence-electron chi connectivity index (χ0n) is 12.6. The van der Waals surface area contributed by atoms with Crippen molar-refractivity contribution in [1.82, 2.24) is 5.43 Å². The number of hydrazine groups is 1. The zero-order valence-corrected chi connectivity index (χ0v) is 12.6. The van der Waals surface area contributed by atoms with Gasteiger partial charge in [0.25, 0.3) is 0 Å². The molecule has 2 heteroatoms. The summed E-state index contributed by atoms with van der Waals surface area (Å²) < 4.78 is 0. The third-order valence-corrected chi connectivity index (χ3v) is 4.40. The Morgan fingerprint density at radius 3 is 2.32 bits per heavy atom. The van der Waals surface area contributed by atoms with Crippen LogP contribution in [-0.4, -0.2) is 0 Å². The van der Waals surface area contributed by atoms with E-state index in [2.05, 4.69) is 50.5 Å². The molecule has 19 heavy (non-hydrogen) atoms. The molecule has 1 aliphatic carbocycles. The van der Waals surface area contributed by atoms with Crippen LogP contribution < -0.4 is 11.3 Å². The first-order chi connectivity index (χ1) is 9.04. The molecule has 1 fully saturated rings. The number of rotatable bonds is 3. The van der Waals surface area contributed by atoms with Crippen LogP contribution in [-0.2, 0) is 5.41 Å². The second-order valence-electron chi connectivity index (χ2n) is 6.88. The molecule has 0 bridgehead atoms. The number of benzene rings is 1. The van der Waals surface area contributed by atoms with E-state index in [0.717, 1.165) is 0 Å². The van der Waals surface area contributed by atoms with Gasteiger partial charge in [0.05, 0.1) is 0 Å². The van der Waals surface area contributed by atoms with Crippen LogP contribution in [0.3, 0.4) is 0 Å². The van der Waals surface area contributed by atoms with E-state index in [1.54, 1.807) is 0 Å².